The number of phenolic OH excluding ortho intramolecular Hbond substituents is 1. The van der Waals surface area contributed by atoms with Crippen molar-refractivity contribution in [1.82, 2.24) is 4.90 Å². The highest BCUT2D eigenvalue weighted by Gasteiger charge is 2.31. The number of aromatic hydroxyl groups is 1. The Morgan fingerprint density at radius 2 is 2.00 bits per heavy atom. The predicted octanol–water partition coefficient (Wildman–Crippen LogP) is 1.08. The first-order valence-corrected chi connectivity index (χ1v) is 6.33. The molecule has 1 aromatic carbocycles. The molecule has 0 aliphatic carbocycles. The van der Waals surface area contributed by atoms with Gasteiger partial charge in [-0.05, 0) is 32.3 Å². The van der Waals surface area contributed by atoms with E-state index in [9.17, 15) is 13.5 Å². The fourth-order valence-electron chi connectivity index (χ4n) is 1.73. The van der Waals surface area contributed by atoms with Gasteiger partial charge < -0.3 is 10.0 Å². The minimum Gasteiger partial charge on any atom is -0.507 e. The van der Waals surface area contributed by atoms with Crippen LogP contribution in [-0.2, 0) is 9.84 Å². The van der Waals surface area contributed by atoms with Crippen molar-refractivity contribution in [3.05, 3.63) is 28.7 Å². The lowest BCUT2D eigenvalue weighted by atomic mass is 10.2. The summed E-state index contributed by atoms with van der Waals surface area (Å²) in [4.78, 5) is 2.31. The van der Waals surface area contributed by atoms with E-state index in [1.165, 1.54) is 18.2 Å². The maximum Gasteiger partial charge on any atom is 0.204 e. The molecule has 1 aliphatic rings. The molecule has 1 aromatic rings. The van der Waals surface area contributed by atoms with Crippen LogP contribution in [0.3, 0.4) is 0 Å². The van der Waals surface area contributed by atoms with Gasteiger partial charge in [0.1, 0.15) is 5.75 Å². The van der Waals surface area contributed by atoms with Gasteiger partial charge in [-0.1, -0.05) is 6.07 Å². The van der Waals surface area contributed by atoms with Crippen LogP contribution < -0.4 is 0 Å². The summed E-state index contributed by atoms with van der Waals surface area (Å²) in [6.45, 7) is 0.344. The van der Waals surface area contributed by atoms with E-state index in [2.05, 4.69) is 0 Å². The van der Waals surface area contributed by atoms with Gasteiger partial charge in [0, 0.05) is 12.1 Å². The predicted molar refractivity (Wildman–Crippen MR) is 61.8 cm³/mol. The van der Waals surface area contributed by atoms with Crippen molar-refractivity contribution in [2.24, 2.45) is 0 Å². The van der Waals surface area contributed by atoms with E-state index in [4.69, 9.17) is 0 Å². The largest absolute Gasteiger partial charge is 0.507 e. The summed E-state index contributed by atoms with van der Waals surface area (Å²) in [7, 11) is 0.205. The van der Waals surface area contributed by atoms with E-state index in [1.807, 2.05) is 0 Å². The summed E-state index contributed by atoms with van der Waals surface area (Å²) in [6.07, 6.45) is 1.54. The average molecular weight is 239 g/mol. The second-order valence-corrected chi connectivity index (χ2v) is 6.01. The molecule has 4 nitrogen and oxygen atoms in total. The molecule has 16 heavy (non-hydrogen) atoms. The van der Waals surface area contributed by atoms with Crippen LogP contribution in [0.1, 0.15) is 5.56 Å². The van der Waals surface area contributed by atoms with Gasteiger partial charge in [0.05, 0.1) is 9.80 Å². The SMILES string of the molecule is CN(C)CC1=Cc2c(O)cccc2S1(=O)=O. The van der Waals surface area contributed by atoms with E-state index >= 15 is 0 Å². The minimum atomic E-state index is -3.40. The maximum atomic E-state index is 12.1. The van der Waals surface area contributed by atoms with Gasteiger partial charge in [-0.3, -0.25) is 0 Å². The molecule has 0 unspecified atom stereocenters. The van der Waals surface area contributed by atoms with Crippen molar-refractivity contribution in [3.63, 3.8) is 0 Å². The van der Waals surface area contributed by atoms with Crippen molar-refractivity contribution >= 4 is 15.9 Å². The Bertz CT molecular complexity index is 559. The summed E-state index contributed by atoms with van der Waals surface area (Å²) in [5.41, 5.74) is 0.402. The number of fused-ring (bicyclic) bond motifs is 1. The second kappa shape index (κ2) is 3.61. The Labute approximate surface area is 94.7 Å². The standard InChI is InChI=1S/C11H13NO3S/c1-12(2)7-8-6-9-10(13)4-3-5-11(9)16(8,14)15/h3-6,13H,7H2,1-2H3. The molecule has 1 N–H and O–H groups in total. The molecule has 86 valence electrons. The third kappa shape index (κ3) is 1.62. The number of benzene rings is 1. The maximum absolute atomic E-state index is 12.1. The highest BCUT2D eigenvalue weighted by Crippen LogP contribution is 2.37. The van der Waals surface area contributed by atoms with Crippen molar-refractivity contribution < 1.29 is 13.5 Å². The summed E-state index contributed by atoms with van der Waals surface area (Å²) in [5, 5.41) is 9.59. The van der Waals surface area contributed by atoms with Gasteiger partial charge in [-0.15, -0.1) is 0 Å². The van der Waals surface area contributed by atoms with Crippen molar-refractivity contribution in [2.75, 3.05) is 20.6 Å². The molecule has 1 heterocycles. The van der Waals surface area contributed by atoms with E-state index in [0.29, 0.717) is 17.0 Å². The quantitative estimate of drug-likeness (QED) is 0.839. The lowest BCUT2D eigenvalue weighted by molar-refractivity contribution is 0.451. The van der Waals surface area contributed by atoms with E-state index < -0.39 is 9.84 Å². The molecule has 0 spiro atoms. The van der Waals surface area contributed by atoms with E-state index in [-0.39, 0.29) is 10.6 Å². The van der Waals surface area contributed by atoms with E-state index in [1.54, 1.807) is 25.1 Å². The fraction of sp³-hybridized carbons (Fsp3) is 0.273. The lowest BCUT2D eigenvalue weighted by Crippen LogP contribution is -2.18. The number of hydrogen-bond donors (Lipinski definition) is 1. The minimum absolute atomic E-state index is 0.00910. The van der Waals surface area contributed by atoms with Gasteiger partial charge in [0.25, 0.3) is 0 Å². The molecule has 2 rings (SSSR count). The Hall–Kier alpha value is -1.33. The summed E-state index contributed by atoms with van der Waals surface area (Å²) in [6, 6.07) is 4.55. The van der Waals surface area contributed by atoms with Crippen LogP contribution in [0.15, 0.2) is 28.0 Å². The summed E-state index contributed by atoms with van der Waals surface area (Å²) < 4.78 is 24.1. The monoisotopic (exact) mass is 239 g/mol. The Balaban J connectivity index is 2.57. The Morgan fingerprint density at radius 1 is 1.31 bits per heavy atom. The zero-order valence-corrected chi connectivity index (χ0v) is 9.95. The average Bonchev–Trinajstić information content (AvgIpc) is 2.41. The Kier molecular flexibility index (Phi) is 2.52. The molecule has 0 saturated heterocycles. The van der Waals surface area contributed by atoms with Gasteiger partial charge in [0.2, 0.25) is 9.84 Å². The summed E-state index contributed by atoms with van der Waals surface area (Å²) >= 11 is 0. The topological polar surface area (TPSA) is 57.6 Å². The molecule has 0 saturated carbocycles. The highest BCUT2D eigenvalue weighted by molar-refractivity contribution is 7.95. The molecule has 0 bridgehead atoms. The number of rotatable bonds is 2. The number of phenols is 1. The number of nitrogens with zero attached hydrogens (tertiary/aromatic N) is 1. The molecular formula is C11H13NO3S. The summed E-state index contributed by atoms with van der Waals surface area (Å²) in [5.74, 6) is 0.00910. The molecule has 5 heteroatoms. The van der Waals surface area contributed by atoms with Crippen LogP contribution >= 0.6 is 0 Å². The van der Waals surface area contributed by atoms with Crippen LogP contribution in [-0.4, -0.2) is 39.1 Å². The fourth-order valence-corrected chi connectivity index (χ4v) is 3.43. The molecule has 0 fully saturated rings. The van der Waals surface area contributed by atoms with Crippen LogP contribution in [0, 0.1) is 0 Å². The van der Waals surface area contributed by atoms with Crippen molar-refractivity contribution in [3.8, 4) is 5.75 Å². The molecule has 0 atom stereocenters. The molecular weight excluding hydrogens is 226 g/mol. The zero-order valence-electron chi connectivity index (χ0n) is 9.14. The highest BCUT2D eigenvalue weighted by atomic mass is 32.2. The first-order chi connectivity index (χ1) is 7.43. The number of likely N-dealkylation sites (N-methyl/N-ethyl adjacent to an activating group) is 1. The van der Waals surface area contributed by atoms with Crippen LogP contribution in [0.5, 0.6) is 5.75 Å². The first-order valence-electron chi connectivity index (χ1n) is 4.85. The second-order valence-electron chi connectivity index (χ2n) is 4.04. The van der Waals surface area contributed by atoms with Crippen LogP contribution in [0.4, 0.5) is 0 Å². The molecule has 1 aliphatic heterocycles. The third-order valence-corrected chi connectivity index (χ3v) is 4.33. The van der Waals surface area contributed by atoms with Gasteiger partial charge in [-0.25, -0.2) is 8.42 Å². The molecule has 0 aromatic heterocycles. The van der Waals surface area contributed by atoms with Gasteiger partial charge in [-0.2, -0.15) is 0 Å². The molecule has 0 amide bonds. The van der Waals surface area contributed by atoms with Crippen molar-refractivity contribution in [2.45, 2.75) is 4.90 Å². The van der Waals surface area contributed by atoms with Gasteiger partial charge >= 0.3 is 0 Å². The van der Waals surface area contributed by atoms with Crippen LogP contribution in [0.2, 0.25) is 0 Å². The van der Waals surface area contributed by atoms with Crippen LogP contribution in [0.25, 0.3) is 6.08 Å². The smallest absolute Gasteiger partial charge is 0.204 e. The normalized spacial score (nSPS) is 17.3. The molecule has 0 radical (unpaired) electrons. The Morgan fingerprint density at radius 3 is 2.56 bits per heavy atom. The number of hydrogen-bond acceptors (Lipinski definition) is 4. The third-order valence-electron chi connectivity index (χ3n) is 2.46. The van der Waals surface area contributed by atoms with E-state index in [0.717, 1.165) is 0 Å². The van der Waals surface area contributed by atoms with Crippen molar-refractivity contribution in [1.29, 1.82) is 0 Å². The lowest BCUT2D eigenvalue weighted by Gasteiger charge is -2.09. The first kappa shape index (κ1) is 11.2. The zero-order chi connectivity index (χ0) is 11.9. The van der Waals surface area contributed by atoms with Gasteiger partial charge in [0.15, 0.2) is 0 Å². The number of sulfone groups is 1.